The Morgan fingerprint density at radius 2 is 2.06 bits per heavy atom. The normalized spacial score (nSPS) is 11.3. The van der Waals surface area contributed by atoms with E-state index in [9.17, 15) is 18.0 Å². The fraction of sp³-hybridized carbons (Fsp3) is 0.364. The lowest BCUT2D eigenvalue weighted by Crippen LogP contribution is -2.19. The third-order valence-electron chi connectivity index (χ3n) is 2.12. The number of aliphatic carboxylic acids is 1. The van der Waals surface area contributed by atoms with E-state index in [0.29, 0.717) is 5.56 Å². The molecule has 0 unspecified atom stereocenters. The zero-order valence-electron chi connectivity index (χ0n) is 9.04. The average Bonchev–Trinajstić information content (AvgIpc) is 2.17. The average molecular weight is 248 g/mol. The van der Waals surface area contributed by atoms with Gasteiger partial charge in [-0.1, -0.05) is 18.2 Å². The van der Waals surface area contributed by atoms with Crippen molar-refractivity contribution < 1.29 is 27.8 Å². The van der Waals surface area contributed by atoms with Gasteiger partial charge in [0.2, 0.25) is 0 Å². The van der Waals surface area contributed by atoms with Crippen LogP contribution >= 0.6 is 0 Å². The molecule has 1 rings (SSSR count). The first-order chi connectivity index (χ1) is 7.79. The molecule has 0 saturated carbocycles. The standard InChI is InChI=1S/C11H11F3O3/c1-7-3-2-4-8(5-6-9(15)16)10(7)17-11(12,13)14/h2-4H,5-6H2,1H3,(H,15,16). The Kier molecular flexibility index (Phi) is 3.98. The van der Waals surface area contributed by atoms with Gasteiger partial charge in [0, 0.05) is 6.42 Å². The highest BCUT2D eigenvalue weighted by molar-refractivity contribution is 5.67. The molecule has 0 amide bonds. The molecule has 0 aliphatic rings. The lowest BCUT2D eigenvalue weighted by Gasteiger charge is -2.15. The highest BCUT2D eigenvalue weighted by Gasteiger charge is 2.32. The van der Waals surface area contributed by atoms with Crippen molar-refractivity contribution >= 4 is 5.97 Å². The maximum atomic E-state index is 12.2. The van der Waals surface area contributed by atoms with Crippen LogP contribution in [0, 0.1) is 6.92 Å². The molecule has 1 aromatic carbocycles. The maximum absolute atomic E-state index is 12.2. The number of hydrogen-bond acceptors (Lipinski definition) is 2. The minimum Gasteiger partial charge on any atom is -0.481 e. The predicted octanol–water partition coefficient (Wildman–Crippen LogP) is 2.91. The molecule has 0 fully saturated rings. The number of para-hydroxylation sites is 1. The summed E-state index contributed by atoms with van der Waals surface area (Å²) >= 11 is 0. The zero-order chi connectivity index (χ0) is 13.1. The van der Waals surface area contributed by atoms with Crippen molar-refractivity contribution in [3.63, 3.8) is 0 Å². The lowest BCUT2D eigenvalue weighted by molar-refractivity contribution is -0.275. The number of halogens is 3. The van der Waals surface area contributed by atoms with Gasteiger partial charge in [0.1, 0.15) is 5.75 Å². The third-order valence-corrected chi connectivity index (χ3v) is 2.12. The number of benzene rings is 1. The number of rotatable bonds is 4. The van der Waals surface area contributed by atoms with Gasteiger partial charge >= 0.3 is 12.3 Å². The Morgan fingerprint density at radius 1 is 1.41 bits per heavy atom. The van der Waals surface area contributed by atoms with E-state index >= 15 is 0 Å². The van der Waals surface area contributed by atoms with E-state index in [0.717, 1.165) is 0 Å². The summed E-state index contributed by atoms with van der Waals surface area (Å²) in [6.07, 6.45) is -5.01. The molecule has 17 heavy (non-hydrogen) atoms. The highest BCUT2D eigenvalue weighted by Crippen LogP contribution is 2.30. The summed E-state index contributed by atoms with van der Waals surface area (Å²) in [4.78, 5) is 10.4. The highest BCUT2D eigenvalue weighted by atomic mass is 19.4. The van der Waals surface area contributed by atoms with Crippen molar-refractivity contribution in [1.82, 2.24) is 0 Å². The minimum absolute atomic E-state index is 0.00241. The predicted molar refractivity (Wildman–Crippen MR) is 53.8 cm³/mol. The van der Waals surface area contributed by atoms with E-state index in [4.69, 9.17) is 5.11 Å². The summed E-state index contributed by atoms with van der Waals surface area (Å²) < 4.78 is 40.4. The molecule has 0 heterocycles. The Balaban J connectivity index is 2.96. The molecule has 0 spiro atoms. The van der Waals surface area contributed by atoms with Crippen LogP contribution < -0.4 is 4.74 Å². The summed E-state index contributed by atoms with van der Waals surface area (Å²) in [6, 6.07) is 4.47. The monoisotopic (exact) mass is 248 g/mol. The second kappa shape index (κ2) is 5.07. The van der Waals surface area contributed by atoms with Crippen LogP contribution in [0.4, 0.5) is 13.2 Å². The summed E-state index contributed by atoms with van der Waals surface area (Å²) in [6.45, 7) is 1.48. The first kappa shape index (κ1) is 13.3. The molecule has 1 N–H and O–H groups in total. The second-order valence-electron chi connectivity index (χ2n) is 3.50. The van der Waals surface area contributed by atoms with Crippen LogP contribution in [0.1, 0.15) is 17.5 Å². The molecule has 3 nitrogen and oxygen atoms in total. The van der Waals surface area contributed by atoms with E-state index in [2.05, 4.69) is 4.74 Å². The molecule has 0 bridgehead atoms. The summed E-state index contributed by atoms with van der Waals surface area (Å²) in [7, 11) is 0. The van der Waals surface area contributed by atoms with Crippen LogP contribution in [0.3, 0.4) is 0 Å². The number of hydrogen-bond donors (Lipinski definition) is 1. The minimum atomic E-state index is -4.77. The van der Waals surface area contributed by atoms with Crippen molar-refractivity contribution in [2.75, 3.05) is 0 Å². The molecular formula is C11H11F3O3. The molecule has 0 aliphatic carbocycles. The first-order valence-corrected chi connectivity index (χ1v) is 4.85. The number of aryl methyl sites for hydroxylation is 2. The Bertz CT molecular complexity index is 413. The van der Waals surface area contributed by atoms with Gasteiger partial charge in [-0.3, -0.25) is 4.79 Å². The molecule has 0 saturated heterocycles. The van der Waals surface area contributed by atoms with Crippen molar-refractivity contribution in [2.45, 2.75) is 26.1 Å². The molecule has 6 heteroatoms. The topological polar surface area (TPSA) is 46.5 Å². The number of carboxylic acids is 1. The molecule has 1 aromatic rings. The van der Waals surface area contributed by atoms with E-state index in [-0.39, 0.29) is 24.2 Å². The maximum Gasteiger partial charge on any atom is 0.573 e. The molecule has 0 atom stereocenters. The fourth-order valence-electron chi connectivity index (χ4n) is 1.41. The van der Waals surface area contributed by atoms with Gasteiger partial charge in [-0.25, -0.2) is 0 Å². The van der Waals surface area contributed by atoms with Gasteiger partial charge < -0.3 is 9.84 Å². The van der Waals surface area contributed by atoms with Crippen molar-refractivity contribution in [2.24, 2.45) is 0 Å². The third kappa shape index (κ3) is 4.34. The van der Waals surface area contributed by atoms with Crippen LogP contribution in [-0.2, 0) is 11.2 Å². The van der Waals surface area contributed by atoms with Gasteiger partial charge in [-0.05, 0) is 24.5 Å². The van der Waals surface area contributed by atoms with E-state index in [1.165, 1.54) is 19.1 Å². The molecule has 0 aromatic heterocycles. The van der Waals surface area contributed by atoms with Crippen LogP contribution in [0.25, 0.3) is 0 Å². The number of ether oxygens (including phenoxy) is 1. The Labute approximate surface area is 95.8 Å². The molecular weight excluding hydrogens is 237 g/mol. The number of carbonyl (C=O) groups is 1. The van der Waals surface area contributed by atoms with Gasteiger partial charge in [-0.15, -0.1) is 13.2 Å². The number of alkyl halides is 3. The van der Waals surface area contributed by atoms with Crippen molar-refractivity contribution in [3.8, 4) is 5.75 Å². The smallest absolute Gasteiger partial charge is 0.481 e. The zero-order valence-corrected chi connectivity index (χ0v) is 9.04. The van der Waals surface area contributed by atoms with Crippen molar-refractivity contribution in [1.29, 1.82) is 0 Å². The van der Waals surface area contributed by atoms with Gasteiger partial charge in [-0.2, -0.15) is 0 Å². The number of carboxylic acid groups (broad SMARTS) is 1. The lowest BCUT2D eigenvalue weighted by atomic mass is 10.1. The summed E-state index contributed by atoms with van der Waals surface area (Å²) in [5.74, 6) is -1.37. The summed E-state index contributed by atoms with van der Waals surface area (Å²) in [5.41, 5.74) is 0.565. The molecule has 94 valence electrons. The van der Waals surface area contributed by atoms with Crippen LogP contribution in [0.5, 0.6) is 5.75 Å². The van der Waals surface area contributed by atoms with Gasteiger partial charge in [0.05, 0.1) is 0 Å². The van der Waals surface area contributed by atoms with Gasteiger partial charge in [0.15, 0.2) is 0 Å². The second-order valence-corrected chi connectivity index (χ2v) is 3.50. The Morgan fingerprint density at radius 3 is 2.59 bits per heavy atom. The van der Waals surface area contributed by atoms with Crippen molar-refractivity contribution in [3.05, 3.63) is 29.3 Å². The Hall–Kier alpha value is -1.72. The van der Waals surface area contributed by atoms with E-state index < -0.39 is 12.3 Å². The van der Waals surface area contributed by atoms with E-state index in [1.807, 2.05) is 0 Å². The SMILES string of the molecule is Cc1cccc(CCC(=O)O)c1OC(F)(F)F. The molecule has 0 radical (unpaired) electrons. The van der Waals surface area contributed by atoms with Crippen LogP contribution in [0.2, 0.25) is 0 Å². The van der Waals surface area contributed by atoms with Crippen LogP contribution in [0.15, 0.2) is 18.2 Å². The van der Waals surface area contributed by atoms with E-state index in [1.54, 1.807) is 6.07 Å². The quantitative estimate of drug-likeness (QED) is 0.891. The fourth-order valence-corrected chi connectivity index (χ4v) is 1.41. The molecule has 0 aliphatic heterocycles. The summed E-state index contributed by atoms with van der Waals surface area (Å²) in [5, 5.41) is 8.50. The first-order valence-electron chi connectivity index (χ1n) is 4.85. The largest absolute Gasteiger partial charge is 0.573 e. The van der Waals surface area contributed by atoms with Crippen LogP contribution in [-0.4, -0.2) is 17.4 Å². The van der Waals surface area contributed by atoms with Gasteiger partial charge in [0.25, 0.3) is 0 Å².